The molecule has 0 unspecified atom stereocenters. The lowest BCUT2D eigenvalue weighted by Gasteiger charge is -2.20. The minimum Gasteiger partial charge on any atom is -0.490 e. The monoisotopic (exact) mass is 531 g/mol. The summed E-state index contributed by atoms with van der Waals surface area (Å²) >= 11 is 1.99. The van der Waals surface area contributed by atoms with Crippen molar-refractivity contribution in [3.63, 3.8) is 0 Å². The zero-order chi connectivity index (χ0) is 22.0. The summed E-state index contributed by atoms with van der Waals surface area (Å²) in [5.74, 6) is 2.94. The first kappa shape index (κ1) is 21.2. The minimum atomic E-state index is -0.121. The van der Waals surface area contributed by atoms with E-state index in [1.165, 1.54) is 0 Å². The van der Waals surface area contributed by atoms with Crippen LogP contribution in [0.5, 0.6) is 11.6 Å². The Labute approximate surface area is 193 Å². The van der Waals surface area contributed by atoms with Gasteiger partial charge < -0.3 is 14.8 Å². The summed E-state index contributed by atoms with van der Waals surface area (Å²) in [5.41, 5.74) is 2.26. The maximum Gasteiger partial charge on any atom is 0.222 e. The molecule has 3 aromatic rings. The van der Waals surface area contributed by atoms with E-state index in [1.807, 2.05) is 55.6 Å². The van der Waals surface area contributed by atoms with Gasteiger partial charge in [-0.2, -0.15) is 5.10 Å². The topological polar surface area (TPSA) is 111 Å². The molecular formula is C21H22IN7O2. The summed E-state index contributed by atoms with van der Waals surface area (Å²) < 4.78 is 14.4. The van der Waals surface area contributed by atoms with Crippen molar-refractivity contribution in [3.05, 3.63) is 42.4 Å². The molecule has 4 rings (SSSR count). The fourth-order valence-electron chi connectivity index (χ4n) is 3.24. The molecule has 0 amide bonds. The van der Waals surface area contributed by atoms with E-state index in [1.54, 1.807) is 29.3 Å². The standard InChI is InChI=1S/C21H22IN7O2/c1-4-13(19(22)23)14-10-25-18-9-16(14)31-12(2)6-8-30-21-15(11-26-29(21)3)20-24-7-5-17(27-18)28-20/h4-5,7,9-12,23H,6,8H2,1-3H3,(H,24,25,27,28)/b13-4-,23-19?/t12-/m0/s1. The Morgan fingerprint density at radius 1 is 1.32 bits per heavy atom. The molecule has 0 saturated heterocycles. The number of fused-ring (bicyclic) bond motifs is 6. The number of aromatic nitrogens is 5. The molecule has 3 aromatic heterocycles. The van der Waals surface area contributed by atoms with Crippen LogP contribution in [0.4, 0.5) is 11.6 Å². The average molecular weight is 531 g/mol. The van der Waals surface area contributed by atoms with Crippen LogP contribution in [0.1, 0.15) is 25.8 Å². The molecule has 0 fully saturated rings. The van der Waals surface area contributed by atoms with Crippen LogP contribution in [0.15, 0.2) is 36.8 Å². The minimum absolute atomic E-state index is 0.121. The molecule has 0 saturated carbocycles. The maximum atomic E-state index is 8.09. The molecule has 4 bridgehead atoms. The molecule has 4 heterocycles. The lowest BCUT2D eigenvalue weighted by Crippen LogP contribution is -2.18. The fraction of sp³-hybridized carbons (Fsp3) is 0.286. The van der Waals surface area contributed by atoms with Gasteiger partial charge in [0.2, 0.25) is 5.88 Å². The SMILES string of the molecule is C/C=C(\C(=N)I)c1cnc2cc1O[C@@H](C)CCOc1c(cnn1C)-c1nccc(n1)N2. The van der Waals surface area contributed by atoms with Crippen molar-refractivity contribution in [1.82, 2.24) is 24.7 Å². The van der Waals surface area contributed by atoms with Gasteiger partial charge >= 0.3 is 0 Å². The van der Waals surface area contributed by atoms with Crippen LogP contribution >= 0.6 is 22.6 Å². The number of hydrogen-bond acceptors (Lipinski definition) is 8. The lowest BCUT2D eigenvalue weighted by atomic mass is 10.1. The molecule has 31 heavy (non-hydrogen) atoms. The van der Waals surface area contributed by atoms with E-state index in [4.69, 9.17) is 14.9 Å². The quantitative estimate of drug-likeness (QED) is 0.373. The third-order valence-corrected chi connectivity index (χ3v) is 5.39. The molecule has 1 aliphatic rings. The zero-order valence-electron chi connectivity index (χ0n) is 17.4. The number of halogens is 1. The Bertz CT molecular complexity index is 1160. The molecule has 0 radical (unpaired) electrons. The van der Waals surface area contributed by atoms with Crippen molar-refractivity contribution in [3.8, 4) is 23.0 Å². The van der Waals surface area contributed by atoms with Crippen LogP contribution in [0.25, 0.3) is 17.0 Å². The highest BCUT2D eigenvalue weighted by molar-refractivity contribution is 14.1. The van der Waals surface area contributed by atoms with E-state index < -0.39 is 0 Å². The Hall–Kier alpha value is -3.02. The predicted molar refractivity (Wildman–Crippen MR) is 127 cm³/mol. The van der Waals surface area contributed by atoms with Crippen LogP contribution in [0.3, 0.4) is 0 Å². The first-order valence-electron chi connectivity index (χ1n) is 9.79. The summed E-state index contributed by atoms with van der Waals surface area (Å²) in [6, 6.07) is 3.60. The van der Waals surface area contributed by atoms with Gasteiger partial charge in [0.25, 0.3) is 0 Å². The van der Waals surface area contributed by atoms with Crippen molar-refractivity contribution in [2.24, 2.45) is 7.05 Å². The third-order valence-electron chi connectivity index (χ3n) is 4.81. The van der Waals surface area contributed by atoms with Gasteiger partial charge in [-0.05, 0) is 42.5 Å². The Balaban J connectivity index is 1.79. The first-order chi connectivity index (χ1) is 15.0. The van der Waals surface area contributed by atoms with E-state index in [2.05, 4.69) is 25.4 Å². The number of hydrogen-bond donors (Lipinski definition) is 2. The molecule has 0 spiro atoms. The second-order valence-electron chi connectivity index (χ2n) is 7.03. The van der Waals surface area contributed by atoms with Gasteiger partial charge in [0.15, 0.2) is 5.82 Å². The van der Waals surface area contributed by atoms with E-state index in [0.29, 0.717) is 45.8 Å². The van der Waals surface area contributed by atoms with Crippen molar-refractivity contribution in [2.45, 2.75) is 26.4 Å². The molecule has 1 aliphatic heterocycles. The van der Waals surface area contributed by atoms with Gasteiger partial charge in [-0.15, -0.1) is 0 Å². The predicted octanol–water partition coefficient (Wildman–Crippen LogP) is 4.38. The van der Waals surface area contributed by atoms with Crippen LogP contribution in [-0.2, 0) is 7.05 Å². The summed E-state index contributed by atoms with van der Waals surface area (Å²) in [4.78, 5) is 13.5. The smallest absolute Gasteiger partial charge is 0.222 e. The molecule has 0 aromatic carbocycles. The van der Waals surface area contributed by atoms with E-state index in [9.17, 15) is 0 Å². The number of allylic oxidation sites excluding steroid dienone is 2. The van der Waals surface area contributed by atoms with Gasteiger partial charge in [0, 0.05) is 43.1 Å². The van der Waals surface area contributed by atoms with Crippen LogP contribution in [0.2, 0.25) is 0 Å². The highest BCUT2D eigenvalue weighted by Gasteiger charge is 2.19. The van der Waals surface area contributed by atoms with E-state index >= 15 is 0 Å². The normalized spacial score (nSPS) is 16.3. The van der Waals surface area contributed by atoms with E-state index in [0.717, 1.165) is 16.7 Å². The Morgan fingerprint density at radius 3 is 2.94 bits per heavy atom. The average Bonchev–Trinajstić information content (AvgIpc) is 3.10. The highest BCUT2D eigenvalue weighted by atomic mass is 127. The first-order valence-corrected chi connectivity index (χ1v) is 10.9. The third kappa shape index (κ3) is 4.53. The molecule has 0 aliphatic carbocycles. The van der Waals surface area contributed by atoms with E-state index in [-0.39, 0.29) is 6.10 Å². The van der Waals surface area contributed by atoms with Crippen LogP contribution in [0, 0.1) is 5.41 Å². The fourth-order valence-corrected chi connectivity index (χ4v) is 3.84. The number of aryl methyl sites for hydroxylation is 1. The highest BCUT2D eigenvalue weighted by Crippen LogP contribution is 2.33. The summed E-state index contributed by atoms with van der Waals surface area (Å²) in [6.45, 7) is 4.33. The van der Waals surface area contributed by atoms with Crippen molar-refractivity contribution in [1.29, 1.82) is 5.41 Å². The van der Waals surface area contributed by atoms with Crippen molar-refractivity contribution < 1.29 is 9.47 Å². The lowest BCUT2D eigenvalue weighted by molar-refractivity contribution is 0.172. The maximum absolute atomic E-state index is 8.09. The summed E-state index contributed by atoms with van der Waals surface area (Å²) in [7, 11) is 1.82. The van der Waals surface area contributed by atoms with Crippen molar-refractivity contribution in [2.75, 3.05) is 11.9 Å². The largest absolute Gasteiger partial charge is 0.490 e. The number of nitrogens with zero attached hydrogens (tertiary/aromatic N) is 5. The number of nitrogens with one attached hydrogen (secondary N) is 2. The summed E-state index contributed by atoms with van der Waals surface area (Å²) in [6.07, 6.45) is 7.52. The van der Waals surface area contributed by atoms with Gasteiger partial charge in [0.05, 0.1) is 22.6 Å². The van der Waals surface area contributed by atoms with Gasteiger partial charge in [0.1, 0.15) is 22.9 Å². The molecule has 10 heteroatoms. The molecule has 160 valence electrons. The number of ether oxygens (including phenoxy) is 2. The van der Waals surface area contributed by atoms with Crippen LogP contribution in [-0.4, -0.2) is 41.2 Å². The van der Waals surface area contributed by atoms with Crippen LogP contribution < -0.4 is 14.8 Å². The Morgan fingerprint density at radius 2 is 2.16 bits per heavy atom. The van der Waals surface area contributed by atoms with Gasteiger partial charge in [-0.1, -0.05) is 6.08 Å². The Kier molecular flexibility index (Phi) is 6.16. The second kappa shape index (κ2) is 9.00. The second-order valence-corrected chi connectivity index (χ2v) is 8.10. The molecular weight excluding hydrogens is 509 g/mol. The number of anilines is 2. The number of pyridine rings is 1. The van der Waals surface area contributed by atoms with Crippen molar-refractivity contribution >= 4 is 43.5 Å². The number of rotatable bonds is 2. The van der Waals surface area contributed by atoms with Gasteiger partial charge in [-0.25, -0.2) is 19.6 Å². The molecule has 9 nitrogen and oxygen atoms in total. The zero-order valence-corrected chi connectivity index (χ0v) is 19.5. The summed E-state index contributed by atoms with van der Waals surface area (Å²) in [5, 5.41) is 15.6. The molecule has 1 atom stereocenters. The molecule has 2 N–H and O–H groups in total. The van der Waals surface area contributed by atoms with Gasteiger partial charge in [-0.3, -0.25) is 5.41 Å².